The molecule has 10 rings (SSSR count). The smallest absolute Gasteiger partial charge is 0.0473 e. The van der Waals surface area contributed by atoms with Crippen molar-refractivity contribution in [2.24, 2.45) is 0 Å². The molecule has 1 nitrogen and oxygen atoms in total. The van der Waals surface area contributed by atoms with Crippen LogP contribution in [0.4, 0.5) is 17.1 Å². The highest BCUT2D eigenvalue weighted by molar-refractivity contribution is 6.25. The molecule has 10 aromatic rings. The lowest BCUT2D eigenvalue weighted by Gasteiger charge is -2.27. The molecule has 1 heteroatoms. The van der Waals surface area contributed by atoms with Gasteiger partial charge in [0.25, 0.3) is 0 Å². The molecule has 0 aliphatic carbocycles. The topological polar surface area (TPSA) is 3.24 Å². The highest BCUT2D eigenvalue weighted by Gasteiger charge is 2.18. The number of anilines is 3. The number of nitrogens with zero attached hydrogens (tertiary/aromatic N) is 1. The minimum atomic E-state index is 1.14. The maximum Gasteiger partial charge on any atom is 0.0473 e. The average molecular weight is 598 g/mol. The Hall–Kier alpha value is -5.92. The van der Waals surface area contributed by atoms with E-state index in [1.807, 2.05) is 0 Å². The summed E-state index contributed by atoms with van der Waals surface area (Å²) in [5.74, 6) is 0. The molecule has 0 saturated heterocycles. The van der Waals surface area contributed by atoms with Gasteiger partial charge in [-0.25, -0.2) is 0 Å². The molecule has 0 spiro atoms. The quantitative estimate of drug-likeness (QED) is 0.182. The molecule has 47 heavy (non-hydrogen) atoms. The lowest BCUT2D eigenvalue weighted by atomic mass is 9.91. The summed E-state index contributed by atoms with van der Waals surface area (Å²) in [4.78, 5) is 2.42. The lowest BCUT2D eigenvalue weighted by molar-refractivity contribution is 1.26. The highest BCUT2D eigenvalue weighted by atomic mass is 15.1. The third-order valence-corrected chi connectivity index (χ3v) is 10.1. The summed E-state index contributed by atoms with van der Waals surface area (Å²) in [5.41, 5.74) is 8.45. The van der Waals surface area contributed by atoms with Gasteiger partial charge in [0, 0.05) is 17.1 Å². The van der Waals surface area contributed by atoms with Crippen LogP contribution in [0.25, 0.3) is 75.8 Å². The van der Waals surface area contributed by atoms with Crippen LogP contribution in [0.5, 0.6) is 0 Å². The molecule has 0 unspecified atom stereocenters. The Balaban J connectivity index is 1.13. The second-order valence-corrected chi connectivity index (χ2v) is 13.2. The van der Waals surface area contributed by atoms with Gasteiger partial charge >= 0.3 is 0 Å². The fourth-order valence-electron chi connectivity index (χ4n) is 8.12. The Morgan fingerprint density at radius 1 is 0.298 bits per heavy atom. The SMILES string of the molecule is Cc1cc(C)cc(N(c2ccc(-c3cc4ccc5cccc6ccc(c3)c4c56)cc2)c2cc3ccc4cccc5ccc(c2)c3c45)c1. The Labute approximate surface area is 273 Å². The largest absolute Gasteiger partial charge is 0.310 e. The molecule has 0 aromatic heterocycles. The Bertz CT molecular complexity index is 2660. The van der Waals surface area contributed by atoms with E-state index in [0.29, 0.717) is 0 Å². The third kappa shape index (κ3) is 4.03. The third-order valence-electron chi connectivity index (χ3n) is 10.1. The maximum atomic E-state index is 2.42. The Kier molecular flexibility index (Phi) is 5.48. The summed E-state index contributed by atoms with van der Waals surface area (Å²) in [7, 11) is 0. The van der Waals surface area contributed by atoms with Gasteiger partial charge in [-0.1, -0.05) is 103 Å². The summed E-state index contributed by atoms with van der Waals surface area (Å²) in [6, 6.07) is 56.7. The first-order valence-electron chi connectivity index (χ1n) is 16.4. The van der Waals surface area contributed by atoms with Crippen molar-refractivity contribution < 1.29 is 0 Å². The second-order valence-electron chi connectivity index (χ2n) is 13.2. The molecule has 0 atom stereocenters. The van der Waals surface area contributed by atoms with E-state index in [1.165, 1.54) is 92.6 Å². The Morgan fingerprint density at radius 2 is 0.681 bits per heavy atom. The van der Waals surface area contributed by atoms with Crippen molar-refractivity contribution >= 4 is 81.7 Å². The average Bonchev–Trinajstić information content (AvgIpc) is 3.09. The first kappa shape index (κ1) is 26.3. The maximum absolute atomic E-state index is 2.42. The van der Waals surface area contributed by atoms with Crippen molar-refractivity contribution in [1.29, 1.82) is 0 Å². The summed E-state index contributed by atoms with van der Waals surface area (Å²) in [6.07, 6.45) is 0. The van der Waals surface area contributed by atoms with Crippen LogP contribution < -0.4 is 4.90 Å². The molecular formula is C46H31N. The van der Waals surface area contributed by atoms with Crippen molar-refractivity contribution in [3.8, 4) is 11.1 Å². The Morgan fingerprint density at radius 3 is 1.15 bits per heavy atom. The van der Waals surface area contributed by atoms with Crippen molar-refractivity contribution in [2.45, 2.75) is 13.8 Å². The monoisotopic (exact) mass is 597 g/mol. The van der Waals surface area contributed by atoms with Crippen LogP contribution in [-0.2, 0) is 0 Å². The number of hydrogen-bond donors (Lipinski definition) is 0. The van der Waals surface area contributed by atoms with E-state index in [9.17, 15) is 0 Å². The summed E-state index contributed by atoms with van der Waals surface area (Å²) < 4.78 is 0. The van der Waals surface area contributed by atoms with E-state index in [0.717, 1.165) is 11.4 Å². The van der Waals surface area contributed by atoms with Crippen molar-refractivity contribution in [3.05, 3.63) is 163 Å². The molecular weight excluding hydrogens is 567 g/mol. The van der Waals surface area contributed by atoms with E-state index < -0.39 is 0 Å². The fourth-order valence-corrected chi connectivity index (χ4v) is 8.12. The van der Waals surface area contributed by atoms with Crippen molar-refractivity contribution in [3.63, 3.8) is 0 Å². The second kappa shape index (κ2) is 9.79. The van der Waals surface area contributed by atoms with E-state index in [4.69, 9.17) is 0 Å². The predicted molar refractivity (Wildman–Crippen MR) is 203 cm³/mol. The number of hydrogen-bond acceptors (Lipinski definition) is 1. The van der Waals surface area contributed by atoms with Gasteiger partial charge in [-0.2, -0.15) is 0 Å². The zero-order chi connectivity index (χ0) is 31.2. The molecule has 0 aliphatic heterocycles. The fraction of sp³-hybridized carbons (Fsp3) is 0.0435. The zero-order valence-corrected chi connectivity index (χ0v) is 26.4. The minimum Gasteiger partial charge on any atom is -0.310 e. The molecule has 0 N–H and O–H groups in total. The molecule has 220 valence electrons. The van der Waals surface area contributed by atoms with Gasteiger partial charge in [-0.05, 0) is 149 Å². The normalized spacial score (nSPS) is 12.0. The van der Waals surface area contributed by atoms with Crippen LogP contribution in [0.1, 0.15) is 11.1 Å². The zero-order valence-electron chi connectivity index (χ0n) is 26.4. The number of rotatable bonds is 4. The van der Waals surface area contributed by atoms with Gasteiger partial charge in [0.1, 0.15) is 0 Å². The van der Waals surface area contributed by atoms with Crippen LogP contribution in [0.3, 0.4) is 0 Å². The first-order chi connectivity index (χ1) is 23.1. The van der Waals surface area contributed by atoms with Crippen LogP contribution >= 0.6 is 0 Å². The van der Waals surface area contributed by atoms with E-state index in [2.05, 4.69) is 170 Å². The van der Waals surface area contributed by atoms with Gasteiger partial charge in [-0.3, -0.25) is 0 Å². The van der Waals surface area contributed by atoms with E-state index >= 15 is 0 Å². The van der Waals surface area contributed by atoms with Crippen LogP contribution in [0.2, 0.25) is 0 Å². The van der Waals surface area contributed by atoms with Crippen molar-refractivity contribution in [1.82, 2.24) is 0 Å². The minimum absolute atomic E-state index is 1.14. The molecule has 0 fully saturated rings. The standard InChI is InChI=1S/C46H31N/c1-28-21-29(2)23-41(22-28)47(42-26-37-15-11-33-7-4-8-34-12-16-38(27-42)46(37)44(33)34)40-19-17-30(18-20-40)39-24-35-13-9-31-5-3-6-32-10-14-36(25-39)45(35)43(31)32/h3-27H,1-2H3. The predicted octanol–water partition coefficient (Wildman–Crippen LogP) is 13.2. The van der Waals surface area contributed by atoms with Gasteiger partial charge in [-0.15, -0.1) is 0 Å². The van der Waals surface area contributed by atoms with Gasteiger partial charge in [0.2, 0.25) is 0 Å². The van der Waals surface area contributed by atoms with Crippen molar-refractivity contribution in [2.75, 3.05) is 4.90 Å². The molecule has 10 aromatic carbocycles. The van der Waals surface area contributed by atoms with E-state index in [-0.39, 0.29) is 0 Å². The summed E-state index contributed by atoms with van der Waals surface area (Å²) >= 11 is 0. The van der Waals surface area contributed by atoms with Gasteiger partial charge in [0.05, 0.1) is 0 Å². The summed E-state index contributed by atoms with van der Waals surface area (Å²) in [5, 5.41) is 15.7. The molecule has 0 saturated carbocycles. The summed E-state index contributed by atoms with van der Waals surface area (Å²) in [6.45, 7) is 4.37. The van der Waals surface area contributed by atoms with Crippen LogP contribution in [0, 0.1) is 13.8 Å². The van der Waals surface area contributed by atoms with Gasteiger partial charge in [0.15, 0.2) is 0 Å². The molecule has 0 heterocycles. The molecule has 0 radical (unpaired) electrons. The van der Waals surface area contributed by atoms with Crippen LogP contribution in [-0.4, -0.2) is 0 Å². The highest BCUT2D eigenvalue weighted by Crippen LogP contribution is 2.43. The van der Waals surface area contributed by atoms with Gasteiger partial charge < -0.3 is 4.90 Å². The first-order valence-corrected chi connectivity index (χ1v) is 16.4. The van der Waals surface area contributed by atoms with E-state index in [1.54, 1.807) is 0 Å². The molecule has 0 aliphatic rings. The number of benzene rings is 10. The molecule has 0 bridgehead atoms. The number of aryl methyl sites for hydroxylation is 2. The molecule has 0 amide bonds. The van der Waals surface area contributed by atoms with Crippen LogP contribution in [0.15, 0.2) is 152 Å². The lowest BCUT2D eigenvalue weighted by Crippen LogP contribution is -2.10.